The largest absolute Gasteiger partial charge is 0.481 e. The Balaban J connectivity index is 1.92. The van der Waals surface area contributed by atoms with Crippen LogP contribution in [0.4, 0.5) is 0 Å². The van der Waals surface area contributed by atoms with E-state index >= 15 is 0 Å². The van der Waals surface area contributed by atoms with Gasteiger partial charge < -0.3 is 14.8 Å². The molecule has 0 radical (unpaired) electrons. The third-order valence-electron chi connectivity index (χ3n) is 3.44. The van der Waals surface area contributed by atoms with E-state index in [4.69, 9.17) is 9.52 Å². The van der Waals surface area contributed by atoms with Crippen LogP contribution in [0.5, 0.6) is 0 Å². The Bertz CT molecular complexity index is 413. The van der Waals surface area contributed by atoms with Crippen molar-refractivity contribution in [3.8, 4) is 0 Å². The number of hydrogen-bond donors (Lipinski definition) is 2. The first-order chi connectivity index (χ1) is 8.68. The summed E-state index contributed by atoms with van der Waals surface area (Å²) < 4.78 is 5.11. The minimum absolute atomic E-state index is 0.182. The Morgan fingerprint density at radius 1 is 1.33 bits per heavy atom. The number of furan rings is 1. The highest BCUT2D eigenvalue weighted by atomic mass is 16.4. The molecule has 1 aromatic rings. The molecule has 1 fully saturated rings. The molecular formula is C13H17NO4. The molecule has 1 amide bonds. The van der Waals surface area contributed by atoms with Crippen molar-refractivity contribution in [2.24, 2.45) is 11.8 Å². The van der Waals surface area contributed by atoms with Crippen LogP contribution in [0.3, 0.4) is 0 Å². The van der Waals surface area contributed by atoms with Crippen molar-refractivity contribution in [3.63, 3.8) is 0 Å². The minimum Gasteiger partial charge on any atom is -0.481 e. The molecule has 0 aromatic carbocycles. The zero-order valence-electron chi connectivity index (χ0n) is 10.1. The van der Waals surface area contributed by atoms with Gasteiger partial charge in [-0.15, -0.1) is 0 Å². The summed E-state index contributed by atoms with van der Waals surface area (Å²) in [6, 6.07) is 3.53. The van der Waals surface area contributed by atoms with E-state index in [9.17, 15) is 9.59 Å². The molecule has 1 aliphatic rings. The fourth-order valence-electron chi connectivity index (χ4n) is 2.46. The van der Waals surface area contributed by atoms with Crippen LogP contribution < -0.4 is 5.32 Å². The maximum absolute atomic E-state index is 12.0. The number of aliphatic carboxylic acids is 1. The Morgan fingerprint density at radius 2 is 2.06 bits per heavy atom. The molecule has 2 atom stereocenters. The number of rotatable bonds is 4. The van der Waals surface area contributed by atoms with Crippen LogP contribution in [0, 0.1) is 11.8 Å². The van der Waals surface area contributed by atoms with Crippen molar-refractivity contribution in [3.05, 3.63) is 24.2 Å². The van der Waals surface area contributed by atoms with Gasteiger partial charge in [0.05, 0.1) is 24.6 Å². The molecule has 1 aromatic heterocycles. The van der Waals surface area contributed by atoms with Crippen molar-refractivity contribution in [1.29, 1.82) is 0 Å². The molecule has 1 aliphatic carbocycles. The van der Waals surface area contributed by atoms with E-state index in [0.29, 0.717) is 25.1 Å². The molecule has 0 saturated heterocycles. The molecule has 0 unspecified atom stereocenters. The standard InChI is InChI=1S/C13H17NO4/c15-12(14-8-9-4-3-7-18-9)10-5-1-2-6-11(10)13(16)17/h3-4,7,10-11H,1-2,5-6,8H2,(H,14,15)(H,16,17)/t10-,11-/m0/s1. The average molecular weight is 251 g/mol. The average Bonchev–Trinajstić information content (AvgIpc) is 2.89. The van der Waals surface area contributed by atoms with Gasteiger partial charge in [-0.2, -0.15) is 0 Å². The highest BCUT2D eigenvalue weighted by molar-refractivity contribution is 5.84. The van der Waals surface area contributed by atoms with Crippen molar-refractivity contribution in [2.45, 2.75) is 32.2 Å². The second kappa shape index (κ2) is 5.71. The number of nitrogens with one attached hydrogen (secondary N) is 1. The second-order valence-corrected chi connectivity index (χ2v) is 4.63. The summed E-state index contributed by atoms with van der Waals surface area (Å²) in [5.41, 5.74) is 0. The summed E-state index contributed by atoms with van der Waals surface area (Å²) in [6.07, 6.45) is 4.60. The van der Waals surface area contributed by atoms with Gasteiger partial charge in [0.1, 0.15) is 5.76 Å². The summed E-state index contributed by atoms with van der Waals surface area (Å²) in [4.78, 5) is 23.1. The molecule has 0 spiro atoms. The Kier molecular flexibility index (Phi) is 4.02. The Labute approximate surface area is 105 Å². The summed E-state index contributed by atoms with van der Waals surface area (Å²) in [5, 5.41) is 11.9. The van der Waals surface area contributed by atoms with E-state index in [1.165, 1.54) is 0 Å². The number of carbonyl (C=O) groups excluding carboxylic acids is 1. The molecule has 98 valence electrons. The van der Waals surface area contributed by atoms with Gasteiger partial charge in [0.25, 0.3) is 0 Å². The van der Waals surface area contributed by atoms with Crippen molar-refractivity contribution >= 4 is 11.9 Å². The van der Waals surface area contributed by atoms with E-state index < -0.39 is 17.8 Å². The number of carbonyl (C=O) groups is 2. The molecular weight excluding hydrogens is 234 g/mol. The molecule has 1 saturated carbocycles. The van der Waals surface area contributed by atoms with E-state index in [0.717, 1.165) is 12.8 Å². The van der Waals surface area contributed by atoms with Gasteiger partial charge in [-0.25, -0.2) is 0 Å². The van der Waals surface area contributed by atoms with E-state index in [-0.39, 0.29) is 5.91 Å². The molecule has 5 heteroatoms. The summed E-state index contributed by atoms with van der Waals surface area (Å²) in [7, 11) is 0. The first-order valence-electron chi connectivity index (χ1n) is 6.21. The topological polar surface area (TPSA) is 79.5 Å². The van der Waals surface area contributed by atoms with Gasteiger partial charge in [0.15, 0.2) is 0 Å². The SMILES string of the molecule is O=C(O)[C@H]1CCCC[C@@H]1C(=O)NCc1ccco1. The number of hydrogen-bond acceptors (Lipinski definition) is 3. The van der Waals surface area contributed by atoms with Gasteiger partial charge >= 0.3 is 5.97 Å². The van der Waals surface area contributed by atoms with Crippen LogP contribution in [0.25, 0.3) is 0 Å². The van der Waals surface area contributed by atoms with Gasteiger partial charge in [-0.05, 0) is 25.0 Å². The minimum atomic E-state index is -0.868. The maximum atomic E-state index is 12.0. The lowest BCUT2D eigenvalue weighted by Crippen LogP contribution is -2.39. The Hall–Kier alpha value is -1.78. The highest BCUT2D eigenvalue weighted by Crippen LogP contribution is 2.30. The zero-order valence-corrected chi connectivity index (χ0v) is 10.1. The van der Waals surface area contributed by atoms with Crippen molar-refractivity contribution < 1.29 is 19.1 Å². The summed E-state index contributed by atoms with van der Waals surface area (Å²) in [5.74, 6) is -1.33. The molecule has 0 aliphatic heterocycles. The second-order valence-electron chi connectivity index (χ2n) is 4.63. The van der Waals surface area contributed by atoms with Gasteiger partial charge in [0.2, 0.25) is 5.91 Å². The van der Waals surface area contributed by atoms with E-state index in [2.05, 4.69) is 5.32 Å². The third kappa shape index (κ3) is 2.91. The molecule has 18 heavy (non-hydrogen) atoms. The molecule has 5 nitrogen and oxygen atoms in total. The first kappa shape index (κ1) is 12.7. The Morgan fingerprint density at radius 3 is 2.67 bits per heavy atom. The predicted octanol–water partition coefficient (Wildman–Crippen LogP) is 1.79. The highest BCUT2D eigenvalue weighted by Gasteiger charge is 2.35. The first-order valence-corrected chi connectivity index (χ1v) is 6.21. The number of amides is 1. The zero-order chi connectivity index (χ0) is 13.0. The predicted molar refractivity (Wildman–Crippen MR) is 63.6 cm³/mol. The number of carboxylic acids is 1. The van der Waals surface area contributed by atoms with Crippen LogP contribution in [0.15, 0.2) is 22.8 Å². The quantitative estimate of drug-likeness (QED) is 0.855. The third-order valence-corrected chi connectivity index (χ3v) is 3.44. The monoisotopic (exact) mass is 251 g/mol. The lowest BCUT2D eigenvalue weighted by Gasteiger charge is -2.27. The van der Waals surface area contributed by atoms with Crippen LogP contribution in [-0.4, -0.2) is 17.0 Å². The van der Waals surface area contributed by atoms with E-state index in [1.54, 1.807) is 18.4 Å². The van der Waals surface area contributed by atoms with Gasteiger partial charge in [0, 0.05) is 0 Å². The summed E-state index contributed by atoms with van der Waals surface area (Å²) >= 11 is 0. The van der Waals surface area contributed by atoms with Gasteiger partial charge in [-0.1, -0.05) is 12.8 Å². The van der Waals surface area contributed by atoms with Gasteiger partial charge in [-0.3, -0.25) is 9.59 Å². The lowest BCUT2D eigenvalue weighted by molar-refractivity contribution is -0.149. The molecule has 2 rings (SSSR count). The normalized spacial score (nSPS) is 23.6. The summed E-state index contributed by atoms with van der Waals surface area (Å²) in [6.45, 7) is 0.314. The van der Waals surface area contributed by atoms with Crippen LogP contribution in [0.1, 0.15) is 31.4 Å². The molecule has 2 N–H and O–H groups in total. The van der Waals surface area contributed by atoms with Crippen LogP contribution >= 0.6 is 0 Å². The maximum Gasteiger partial charge on any atom is 0.307 e. The number of carboxylic acid groups (broad SMARTS) is 1. The lowest BCUT2D eigenvalue weighted by atomic mass is 9.79. The fourth-order valence-corrected chi connectivity index (χ4v) is 2.46. The smallest absolute Gasteiger partial charge is 0.307 e. The van der Waals surface area contributed by atoms with E-state index in [1.807, 2.05) is 0 Å². The van der Waals surface area contributed by atoms with Crippen molar-refractivity contribution in [1.82, 2.24) is 5.32 Å². The molecule has 0 bridgehead atoms. The fraction of sp³-hybridized carbons (Fsp3) is 0.538. The van der Waals surface area contributed by atoms with Crippen LogP contribution in [0.2, 0.25) is 0 Å². The molecule has 1 heterocycles. The van der Waals surface area contributed by atoms with Crippen molar-refractivity contribution in [2.75, 3.05) is 0 Å². The van der Waals surface area contributed by atoms with Crippen LogP contribution in [-0.2, 0) is 16.1 Å².